The number of alkyl halides is 4. The minimum atomic E-state index is -4.02. The van der Waals surface area contributed by atoms with Crippen LogP contribution in [0.3, 0.4) is 0 Å². The highest BCUT2D eigenvalue weighted by Crippen LogP contribution is 2.24. The van der Waals surface area contributed by atoms with Gasteiger partial charge in [-0.1, -0.05) is 12.1 Å². The van der Waals surface area contributed by atoms with Crippen molar-refractivity contribution in [3.05, 3.63) is 29.8 Å². The minimum absolute atomic E-state index is 0.468. The molecule has 1 aromatic rings. The van der Waals surface area contributed by atoms with E-state index in [0.29, 0.717) is 11.3 Å². The molecule has 1 aromatic carbocycles. The number of methoxy groups -OCH3 is 1. The van der Waals surface area contributed by atoms with Gasteiger partial charge < -0.3 is 10.1 Å². The van der Waals surface area contributed by atoms with Gasteiger partial charge >= 0.3 is 12.3 Å². The maximum atomic E-state index is 12.7. The van der Waals surface area contributed by atoms with Gasteiger partial charge in [0, 0.05) is 6.04 Å². The molecule has 1 atom stereocenters. The molecular formula is C12H15F4NO. The molecule has 1 unspecified atom stereocenters. The van der Waals surface area contributed by atoms with Gasteiger partial charge in [-0.25, -0.2) is 8.78 Å². The normalized spacial score (nSPS) is 13.7. The average Bonchev–Trinajstić information content (AvgIpc) is 2.36. The summed E-state index contributed by atoms with van der Waals surface area (Å²) in [6.45, 7) is 0.555. The highest BCUT2D eigenvalue weighted by atomic mass is 19.3. The van der Waals surface area contributed by atoms with Gasteiger partial charge in [0.05, 0.1) is 13.7 Å². The molecule has 0 radical (unpaired) electrons. The van der Waals surface area contributed by atoms with E-state index >= 15 is 0 Å². The fourth-order valence-corrected chi connectivity index (χ4v) is 1.40. The predicted molar refractivity (Wildman–Crippen MR) is 60.4 cm³/mol. The van der Waals surface area contributed by atoms with Crippen molar-refractivity contribution in [2.24, 2.45) is 0 Å². The van der Waals surface area contributed by atoms with E-state index in [0.717, 1.165) is 0 Å². The molecule has 0 aliphatic rings. The van der Waals surface area contributed by atoms with Crippen molar-refractivity contribution in [2.45, 2.75) is 25.3 Å². The van der Waals surface area contributed by atoms with Gasteiger partial charge in [0.15, 0.2) is 0 Å². The molecule has 0 aliphatic heterocycles. The molecule has 0 saturated heterocycles. The molecule has 0 amide bonds. The molecule has 1 rings (SSSR count). The molecule has 6 heteroatoms. The van der Waals surface area contributed by atoms with Crippen molar-refractivity contribution < 1.29 is 22.3 Å². The summed E-state index contributed by atoms with van der Waals surface area (Å²) in [5.41, 5.74) is 0.694. The summed E-state index contributed by atoms with van der Waals surface area (Å²) < 4.78 is 54.4. The average molecular weight is 265 g/mol. The SMILES string of the molecule is COc1cccc(C(C)NCC(F)(F)C(F)F)c1. The van der Waals surface area contributed by atoms with E-state index in [1.54, 1.807) is 31.2 Å². The van der Waals surface area contributed by atoms with E-state index in [-0.39, 0.29) is 0 Å². The lowest BCUT2D eigenvalue weighted by atomic mass is 10.1. The van der Waals surface area contributed by atoms with E-state index in [4.69, 9.17) is 4.74 Å². The quantitative estimate of drug-likeness (QED) is 0.797. The largest absolute Gasteiger partial charge is 0.497 e. The molecule has 0 saturated carbocycles. The Kier molecular flexibility index (Phi) is 4.95. The second kappa shape index (κ2) is 6.04. The van der Waals surface area contributed by atoms with Gasteiger partial charge in [-0.3, -0.25) is 0 Å². The Morgan fingerprint density at radius 2 is 2.00 bits per heavy atom. The summed E-state index contributed by atoms with van der Waals surface area (Å²) >= 11 is 0. The molecule has 0 aromatic heterocycles. The number of hydrogen-bond acceptors (Lipinski definition) is 2. The van der Waals surface area contributed by atoms with Crippen LogP contribution in [-0.4, -0.2) is 26.0 Å². The maximum Gasteiger partial charge on any atom is 0.319 e. The second-order valence-corrected chi connectivity index (χ2v) is 3.94. The molecule has 18 heavy (non-hydrogen) atoms. The number of hydrogen-bond donors (Lipinski definition) is 1. The van der Waals surface area contributed by atoms with Crippen LogP contribution in [0.15, 0.2) is 24.3 Å². The Balaban J connectivity index is 2.62. The van der Waals surface area contributed by atoms with Gasteiger partial charge in [-0.05, 0) is 24.6 Å². The lowest BCUT2D eigenvalue weighted by Crippen LogP contribution is -2.39. The summed E-state index contributed by atoms with van der Waals surface area (Å²) in [5, 5.41) is 2.39. The Morgan fingerprint density at radius 3 is 2.56 bits per heavy atom. The number of ether oxygens (including phenoxy) is 1. The van der Waals surface area contributed by atoms with Crippen LogP contribution in [0.2, 0.25) is 0 Å². The third kappa shape index (κ3) is 3.87. The second-order valence-electron chi connectivity index (χ2n) is 3.94. The molecule has 1 N–H and O–H groups in total. The highest BCUT2D eigenvalue weighted by molar-refractivity contribution is 5.30. The summed E-state index contributed by atoms with van der Waals surface area (Å²) in [4.78, 5) is 0. The van der Waals surface area contributed by atoms with Crippen LogP contribution in [0.4, 0.5) is 17.6 Å². The Labute approximate surface area is 103 Å². The third-order valence-electron chi connectivity index (χ3n) is 2.56. The van der Waals surface area contributed by atoms with Crippen LogP contribution in [0.5, 0.6) is 5.75 Å². The molecule has 2 nitrogen and oxygen atoms in total. The van der Waals surface area contributed by atoms with Crippen molar-refractivity contribution >= 4 is 0 Å². The third-order valence-corrected chi connectivity index (χ3v) is 2.56. The first-order valence-corrected chi connectivity index (χ1v) is 5.40. The molecule has 0 fully saturated rings. The Morgan fingerprint density at radius 1 is 1.33 bits per heavy atom. The van der Waals surface area contributed by atoms with E-state index in [2.05, 4.69) is 5.32 Å². The van der Waals surface area contributed by atoms with Crippen molar-refractivity contribution in [3.8, 4) is 5.75 Å². The molecule has 0 bridgehead atoms. The fraction of sp³-hybridized carbons (Fsp3) is 0.500. The summed E-state index contributed by atoms with van der Waals surface area (Å²) in [6.07, 6.45) is -3.66. The number of nitrogens with one attached hydrogen (secondary N) is 1. The Hall–Kier alpha value is -1.30. The topological polar surface area (TPSA) is 21.3 Å². The van der Waals surface area contributed by atoms with E-state index in [1.807, 2.05) is 0 Å². The lowest BCUT2D eigenvalue weighted by Gasteiger charge is -2.20. The number of benzene rings is 1. The smallest absolute Gasteiger partial charge is 0.319 e. The van der Waals surface area contributed by atoms with Crippen LogP contribution in [0, 0.1) is 0 Å². The van der Waals surface area contributed by atoms with Crippen LogP contribution in [-0.2, 0) is 0 Å². The van der Waals surface area contributed by atoms with Gasteiger partial charge in [0.1, 0.15) is 5.75 Å². The zero-order valence-electron chi connectivity index (χ0n) is 10.1. The standard InChI is InChI=1S/C12H15F4NO/c1-8(17-7-12(15,16)11(13)14)9-4-3-5-10(6-9)18-2/h3-6,8,11,17H,7H2,1-2H3. The number of halogens is 4. The first kappa shape index (κ1) is 14.8. The van der Waals surface area contributed by atoms with Gasteiger partial charge in [-0.15, -0.1) is 0 Å². The molecular weight excluding hydrogens is 250 g/mol. The van der Waals surface area contributed by atoms with Crippen molar-refractivity contribution in [3.63, 3.8) is 0 Å². The van der Waals surface area contributed by atoms with Crippen LogP contribution in [0.1, 0.15) is 18.5 Å². The molecule has 0 heterocycles. The van der Waals surface area contributed by atoms with Crippen LogP contribution < -0.4 is 10.1 Å². The van der Waals surface area contributed by atoms with Crippen molar-refractivity contribution in [2.75, 3.05) is 13.7 Å². The summed E-state index contributed by atoms with van der Waals surface area (Å²) in [7, 11) is 1.49. The summed E-state index contributed by atoms with van der Waals surface area (Å²) in [6, 6.07) is 6.32. The van der Waals surface area contributed by atoms with Crippen molar-refractivity contribution in [1.29, 1.82) is 0 Å². The molecule has 0 spiro atoms. The number of rotatable bonds is 6. The zero-order chi connectivity index (χ0) is 13.8. The van der Waals surface area contributed by atoms with Gasteiger partial charge in [-0.2, -0.15) is 8.78 Å². The summed E-state index contributed by atoms with van der Waals surface area (Å²) in [5.74, 6) is -3.44. The minimum Gasteiger partial charge on any atom is -0.497 e. The fourth-order valence-electron chi connectivity index (χ4n) is 1.40. The van der Waals surface area contributed by atoms with Crippen LogP contribution in [0.25, 0.3) is 0 Å². The van der Waals surface area contributed by atoms with Gasteiger partial charge in [0.25, 0.3) is 0 Å². The predicted octanol–water partition coefficient (Wildman–Crippen LogP) is 3.25. The first-order valence-electron chi connectivity index (χ1n) is 5.40. The van der Waals surface area contributed by atoms with E-state index in [1.165, 1.54) is 7.11 Å². The Bertz CT molecular complexity index is 384. The highest BCUT2D eigenvalue weighted by Gasteiger charge is 2.40. The van der Waals surface area contributed by atoms with Gasteiger partial charge in [0.2, 0.25) is 0 Å². The van der Waals surface area contributed by atoms with Crippen LogP contribution >= 0.6 is 0 Å². The lowest BCUT2D eigenvalue weighted by molar-refractivity contribution is -0.126. The maximum absolute atomic E-state index is 12.7. The first-order chi connectivity index (χ1) is 8.36. The van der Waals surface area contributed by atoms with E-state index < -0.39 is 24.9 Å². The molecule has 0 aliphatic carbocycles. The monoisotopic (exact) mass is 265 g/mol. The van der Waals surface area contributed by atoms with E-state index in [9.17, 15) is 17.6 Å². The van der Waals surface area contributed by atoms with Crippen molar-refractivity contribution in [1.82, 2.24) is 5.32 Å². The zero-order valence-corrected chi connectivity index (χ0v) is 10.1. The molecule has 102 valence electrons.